The van der Waals surface area contributed by atoms with Crippen LogP contribution in [0.25, 0.3) is 0 Å². The van der Waals surface area contributed by atoms with Crippen molar-refractivity contribution < 1.29 is 18.9 Å². The topological polar surface area (TPSA) is 36.9 Å². The van der Waals surface area contributed by atoms with Crippen molar-refractivity contribution in [3.8, 4) is 46.3 Å². The molecule has 5 heteroatoms. The lowest BCUT2D eigenvalue weighted by Crippen LogP contribution is -2.43. The van der Waals surface area contributed by atoms with Crippen LogP contribution in [0, 0.1) is 23.3 Å². The van der Waals surface area contributed by atoms with E-state index in [0.717, 1.165) is 65.4 Å². The first-order valence-electron chi connectivity index (χ1n) is 16.0. The van der Waals surface area contributed by atoms with Crippen molar-refractivity contribution >= 4 is 8.07 Å². The Balaban J connectivity index is 2.72. The Bertz CT molecular complexity index is 1220. The lowest BCUT2D eigenvalue weighted by Gasteiger charge is -2.38. The SMILES string of the molecule is CCCOc1ccc(OCCC)c(C#Cc2cc(OCCC)c(C#C[Si](C(C)C)(C(C)C)C(C)C)cc2OCCC)c1. The number of ether oxygens (including phenoxy) is 4. The van der Waals surface area contributed by atoms with Gasteiger partial charge in [-0.3, -0.25) is 0 Å². The van der Waals surface area contributed by atoms with Crippen LogP contribution in [-0.2, 0) is 0 Å². The minimum absolute atomic E-state index is 0.548. The number of hydrogen-bond acceptors (Lipinski definition) is 4. The largest absolute Gasteiger partial charge is 0.494 e. The van der Waals surface area contributed by atoms with Crippen LogP contribution in [0.5, 0.6) is 23.0 Å². The van der Waals surface area contributed by atoms with Crippen LogP contribution in [-0.4, -0.2) is 34.5 Å². The first kappa shape index (κ1) is 35.2. The molecule has 0 aliphatic rings. The summed E-state index contributed by atoms with van der Waals surface area (Å²) in [6.45, 7) is 25.0. The average Bonchev–Trinajstić information content (AvgIpc) is 2.96. The summed E-state index contributed by atoms with van der Waals surface area (Å²) in [6, 6.07) is 9.89. The van der Waals surface area contributed by atoms with Crippen LogP contribution < -0.4 is 18.9 Å². The van der Waals surface area contributed by atoms with Crippen molar-refractivity contribution in [2.75, 3.05) is 26.4 Å². The van der Waals surface area contributed by atoms with E-state index in [0.29, 0.717) is 43.1 Å². The molecule has 2 rings (SSSR count). The molecular weight excluding hydrogens is 536 g/mol. The Morgan fingerprint density at radius 3 is 1.38 bits per heavy atom. The highest BCUT2D eigenvalue weighted by atomic mass is 28.3. The fourth-order valence-corrected chi connectivity index (χ4v) is 10.6. The van der Waals surface area contributed by atoms with Crippen LogP contribution in [0.1, 0.15) is 112 Å². The maximum absolute atomic E-state index is 6.27. The molecule has 2 aromatic rings. The molecule has 0 unspecified atom stereocenters. The van der Waals surface area contributed by atoms with Gasteiger partial charge in [-0.2, -0.15) is 0 Å². The second kappa shape index (κ2) is 17.8. The van der Waals surface area contributed by atoms with Crippen LogP contribution >= 0.6 is 0 Å². The Hall–Kier alpha value is -3.02. The summed E-state index contributed by atoms with van der Waals surface area (Å²) in [5.74, 6) is 13.4. The summed E-state index contributed by atoms with van der Waals surface area (Å²) >= 11 is 0. The van der Waals surface area contributed by atoms with Gasteiger partial charge in [-0.15, -0.1) is 5.54 Å². The molecule has 0 bridgehead atoms. The molecule has 0 saturated heterocycles. The molecule has 2 aromatic carbocycles. The number of rotatable bonds is 15. The molecule has 230 valence electrons. The van der Waals surface area contributed by atoms with Gasteiger partial charge in [-0.1, -0.05) is 87.0 Å². The summed E-state index contributed by atoms with van der Waals surface area (Å²) in [6.07, 6.45) is 3.68. The Morgan fingerprint density at radius 1 is 0.524 bits per heavy atom. The predicted molar refractivity (Wildman–Crippen MR) is 180 cm³/mol. The van der Waals surface area contributed by atoms with Crippen LogP contribution in [0.4, 0.5) is 0 Å². The van der Waals surface area contributed by atoms with Crippen LogP contribution in [0.2, 0.25) is 16.6 Å². The van der Waals surface area contributed by atoms with E-state index in [1.165, 1.54) is 0 Å². The maximum Gasteiger partial charge on any atom is 0.146 e. The summed E-state index contributed by atoms with van der Waals surface area (Å²) < 4.78 is 24.4. The molecule has 0 heterocycles. The molecule has 0 N–H and O–H groups in total. The molecule has 0 radical (unpaired) electrons. The molecule has 0 aliphatic heterocycles. The Kier molecular flexibility index (Phi) is 14.9. The summed E-state index contributed by atoms with van der Waals surface area (Å²) in [5, 5.41) is 0. The van der Waals surface area contributed by atoms with Gasteiger partial charge in [-0.25, -0.2) is 0 Å². The van der Waals surface area contributed by atoms with E-state index in [2.05, 4.69) is 92.5 Å². The summed E-state index contributed by atoms with van der Waals surface area (Å²) in [5.41, 5.74) is 7.95. The van der Waals surface area contributed by atoms with Gasteiger partial charge in [0, 0.05) is 12.1 Å². The zero-order valence-corrected chi connectivity index (χ0v) is 28.9. The fourth-order valence-electron chi connectivity index (χ4n) is 5.42. The van der Waals surface area contributed by atoms with Crippen LogP contribution in [0.3, 0.4) is 0 Å². The first-order chi connectivity index (χ1) is 20.1. The molecule has 0 amide bonds. The van der Waals surface area contributed by atoms with Gasteiger partial charge >= 0.3 is 0 Å². The summed E-state index contributed by atoms with van der Waals surface area (Å²) in [7, 11) is -1.92. The van der Waals surface area contributed by atoms with E-state index in [1.54, 1.807) is 0 Å². The van der Waals surface area contributed by atoms with E-state index in [1.807, 2.05) is 30.3 Å². The molecule has 0 saturated carbocycles. The zero-order chi connectivity index (χ0) is 31.1. The minimum atomic E-state index is -1.92. The van der Waals surface area contributed by atoms with Crippen molar-refractivity contribution in [1.29, 1.82) is 0 Å². The molecule has 42 heavy (non-hydrogen) atoms. The second-order valence-corrected chi connectivity index (χ2v) is 17.4. The number of benzene rings is 2. The van der Waals surface area contributed by atoms with Gasteiger partial charge < -0.3 is 18.9 Å². The lowest BCUT2D eigenvalue weighted by molar-refractivity contribution is 0.307. The van der Waals surface area contributed by atoms with E-state index in [-0.39, 0.29) is 0 Å². The van der Waals surface area contributed by atoms with E-state index in [9.17, 15) is 0 Å². The van der Waals surface area contributed by atoms with Gasteiger partial charge in [0.05, 0.1) is 43.1 Å². The quantitative estimate of drug-likeness (QED) is 0.153. The van der Waals surface area contributed by atoms with Gasteiger partial charge in [0.1, 0.15) is 31.1 Å². The van der Waals surface area contributed by atoms with Gasteiger partial charge in [0.25, 0.3) is 0 Å². The normalized spacial score (nSPS) is 11.2. The highest BCUT2D eigenvalue weighted by Crippen LogP contribution is 2.41. The van der Waals surface area contributed by atoms with Crippen molar-refractivity contribution in [1.82, 2.24) is 0 Å². The molecule has 0 spiro atoms. The third-order valence-corrected chi connectivity index (χ3v) is 13.8. The monoisotopic (exact) mass is 590 g/mol. The standard InChI is InChI=1S/C37H54O4Si/c1-11-20-38-34-17-18-35(39-21-12-2)31(25-34)15-16-32-26-37(41-23-14-4)33(27-36(32)40-22-13-3)19-24-42(28(5)6,29(7)8)30(9)10/h17-18,25-30H,11-14,20-23H2,1-10H3. The third kappa shape index (κ3) is 9.50. The second-order valence-electron chi connectivity index (χ2n) is 11.8. The smallest absolute Gasteiger partial charge is 0.146 e. The number of hydrogen-bond donors (Lipinski definition) is 0. The first-order valence-corrected chi connectivity index (χ1v) is 18.3. The Morgan fingerprint density at radius 2 is 0.929 bits per heavy atom. The molecule has 0 aliphatic carbocycles. The summed E-state index contributed by atoms with van der Waals surface area (Å²) in [4.78, 5) is 0. The van der Waals surface area contributed by atoms with Gasteiger partial charge in [0.15, 0.2) is 0 Å². The molecule has 4 nitrogen and oxygen atoms in total. The molecule has 0 atom stereocenters. The van der Waals surface area contributed by atoms with E-state index >= 15 is 0 Å². The minimum Gasteiger partial charge on any atom is -0.494 e. The molecule has 0 fully saturated rings. The molecule has 0 aromatic heterocycles. The van der Waals surface area contributed by atoms with E-state index in [4.69, 9.17) is 18.9 Å². The van der Waals surface area contributed by atoms with E-state index < -0.39 is 8.07 Å². The van der Waals surface area contributed by atoms with Crippen molar-refractivity contribution in [3.05, 3.63) is 47.0 Å². The fraction of sp³-hybridized carbons (Fsp3) is 0.568. The van der Waals surface area contributed by atoms with Crippen molar-refractivity contribution in [3.63, 3.8) is 0 Å². The third-order valence-electron chi connectivity index (χ3n) is 7.50. The van der Waals surface area contributed by atoms with Crippen molar-refractivity contribution in [2.45, 2.75) is 112 Å². The zero-order valence-electron chi connectivity index (χ0n) is 27.9. The van der Waals surface area contributed by atoms with Crippen LogP contribution in [0.15, 0.2) is 30.3 Å². The van der Waals surface area contributed by atoms with Crippen molar-refractivity contribution in [2.24, 2.45) is 0 Å². The molecular formula is C37H54O4Si. The Labute approximate surface area is 257 Å². The van der Waals surface area contributed by atoms with Gasteiger partial charge in [0.2, 0.25) is 0 Å². The highest BCUT2D eigenvalue weighted by molar-refractivity contribution is 6.90. The van der Waals surface area contributed by atoms with Gasteiger partial charge in [-0.05, 0) is 60.5 Å². The lowest BCUT2D eigenvalue weighted by atomic mass is 10.1. The average molecular weight is 591 g/mol. The predicted octanol–water partition coefficient (Wildman–Crippen LogP) is 9.81. The maximum atomic E-state index is 6.27. The highest BCUT2D eigenvalue weighted by Gasteiger charge is 2.41.